The molecule has 0 fully saturated rings. The van der Waals surface area contributed by atoms with Gasteiger partial charge in [-0.15, -0.1) is 11.3 Å². The van der Waals surface area contributed by atoms with Crippen LogP contribution in [0.15, 0.2) is 48.7 Å². The molecule has 0 atom stereocenters. The Bertz CT molecular complexity index is 862. The highest BCUT2D eigenvalue weighted by Crippen LogP contribution is 2.39. The lowest BCUT2D eigenvalue weighted by Gasteiger charge is -2.10. The molecule has 0 saturated carbocycles. The summed E-state index contributed by atoms with van der Waals surface area (Å²) in [7, 11) is 4.98. The number of methoxy groups -OCH3 is 3. The van der Waals surface area contributed by atoms with Crippen molar-refractivity contribution in [1.82, 2.24) is 10.3 Å². The van der Waals surface area contributed by atoms with Crippen LogP contribution in [0.25, 0.3) is 10.4 Å². The normalized spacial score (nSPS) is 10.6. The van der Waals surface area contributed by atoms with Crippen LogP contribution in [-0.2, 0) is 13.0 Å². The molecule has 1 N–H and O–H groups in total. The Balaban J connectivity index is 1.57. The predicted octanol–water partition coefficient (Wildman–Crippen LogP) is 4.17. The largest absolute Gasteiger partial charge is 0.497 e. The van der Waals surface area contributed by atoms with Gasteiger partial charge in [0, 0.05) is 18.3 Å². The SMILES string of the molecule is COc1ccc(CCNCc2ncc(-c3cccc(OC)c3OC)s2)cc1. The number of hydrogen-bond donors (Lipinski definition) is 1. The molecule has 1 heterocycles. The molecule has 0 aliphatic heterocycles. The van der Waals surface area contributed by atoms with Crippen LogP contribution in [0.4, 0.5) is 0 Å². The highest BCUT2D eigenvalue weighted by Gasteiger charge is 2.13. The molecular weight excluding hydrogens is 360 g/mol. The number of para-hydroxylation sites is 1. The molecule has 3 aromatic rings. The summed E-state index contributed by atoms with van der Waals surface area (Å²) in [5, 5.41) is 4.50. The third-order valence-corrected chi connectivity index (χ3v) is 5.28. The zero-order valence-corrected chi connectivity index (χ0v) is 16.6. The zero-order valence-electron chi connectivity index (χ0n) is 15.8. The van der Waals surface area contributed by atoms with Crippen LogP contribution in [0.3, 0.4) is 0 Å². The summed E-state index contributed by atoms with van der Waals surface area (Å²) in [6.45, 7) is 1.64. The topological polar surface area (TPSA) is 52.6 Å². The smallest absolute Gasteiger partial charge is 0.169 e. The lowest BCUT2D eigenvalue weighted by molar-refractivity contribution is 0.356. The highest BCUT2D eigenvalue weighted by molar-refractivity contribution is 7.15. The third-order valence-electron chi connectivity index (χ3n) is 4.25. The fourth-order valence-electron chi connectivity index (χ4n) is 2.82. The Morgan fingerprint density at radius 3 is 2.48 bits per heavy atom. The molecule has 0 radical (unpaired) electrons. The number of benzene rings is 2. The molecule has 0 spiro atoms. The monoisotopic (exact) mass is 384 g/mol. The van der Waals surface area contributed by atoms with Gasteiger partial charge in [-0.2, -0.15) is 0 Å². The molecule has 0 aliphatic carbocycles. The maximum atomic E-state index is 5.52. The van der Waals surface area contributed by atoms with Crippen molar-refractivity contribution in [1.29, 1.82) is 0 Å². The second-order valence-corrected chi connectivity index (χ2v) is 7.05. The van der Waals surface area contributed by atoms with Gasteiger partial charge in [-0.3, -0.25) is 0 Å². The average Bonchev–Trinajstić information content (AvgIpc) is 3.19. The van der Waals surface area contributed by atoms with Crippen molar-refractivity contribution in [2.75, 3.05) is 27.9 Å². The first-order valence-electron chi connectivity index (χ1n) is 8.75. The van der Waals surface area contributed by atoms with E-state index in [1.165, 1.54) is 5.56 Å². The van der Waals surface area contributed by atoms with Crippen molar-refractivity contribution in [3.05, 3.63) is 59.2 Å². The van der Waals surface area contributed by atoms with Crippen molar-refractivity contribution < 1.29 is 14.2 Å². The number of hydrogen-bond acceptors (Lipinski definition) is 6. The van der Waals surface area contributed by atoms with E-state index in [0.29, 0.717) is 0 Å². The number of aromatic nitrogens is 1. The van der Waals surface area contributed by atoms with E-state index >= 15 is 0 Å². The number of thiazole rings is 1. The van der Waals surface area contributed by atoms with Gasteiger partial charge < -0.3 is 19.5 Å². The molecular formula is C21H24N2O3S. The molecule has 1 aromatic heterocycles. The quantitative estimate of drug-likeness (QED) is 0.561. The lowest BCUT2D eigenvalue weighted by Crippen LogP contribution is -2.16. The Kier molecular flexibility index (Phi) is 6.68. The molecule has 0 aliphatic rings. The van der Waals surface area contributed by atoms with Gasteiger partial charge in [0.2, 0.25) is 0 Å². The summed E-state index contributed by atoms with van der Waals surface area (Å²) in [4.78, 5) is 5.60. The number of rotatable bonds is 9. The second-order valence-electron chi connectivity index (χ2n) is 5.93. The summed E-state index contributed by atoms with van der Waals surface area (Å²) >= 11 is 1.66. The van der Waals surface area contributed by atoms with E-state index in [1.54, 1.807) is 32.7 Å². The van der Waals surface area contributed by atoms with Gasteiger partial charge in [-0.25, -0.2) is 4.98 Å². The minimum atomic E-state index is 0.725. The molecule has 6 heteroatoms. The van der Waals surface area contributed by atoms with Crippen LogP contribution < -0.4 is 19.5 Å². The fraction of sp³-hybridized carbons (Fsp3) is 0.286. The molecule has 3 rings (SSSR count). The van der Waals surface area contributed by atoms with Gasteiger partial charge in [0.05, 0.1) is 26.2 Å². The van der Waals surface area contributed by atoms with E-state index in [-0.39, 0.29) is 0 Å². The number of nitrogens with zero attached hydrogens (tertiary/aromatic N) is 1. The van der Waals surface area contributed by atoms with Crippen molar-refractivity contribution >= 4 is 11.3 Å². The Morgan fingerprint density at radius 1 is 0.963 bits per heavy atom. The van der Waals surface area contributed by atoms with E-state index in [9.17, 15) is 0 Å². The Morgan fingerprint density at radius 2 is 1.78 bits per heavy atom. The first-order chi connectivity index (χ1) is 13.2. The van der Waals surface area contributed by atoms with Gasteiger partial charge in [-0.1, -0.05) is 18.2 Å². The molecule has 142 valence electrons. The van der Waals surface area contributed by atoms with Crippen molar-refractivity contribution in [2.45, 2.75) is 13.0 Å². The zero-order chi connectivity index (χ0) is 19.1. The first kappa shape index (κ1) is 19.2. The van der Waals surface area contributed by atoms with E-state index in [1.807, 2.05) is 36.5 Å². The third kappa shape index (κ3) is 4.78. The average molecular weight is 385 g/mol. The molecule has 2 aromatic carbocycles. The molecule has 0 unspecified atom stereocenters. The summed E-state index contributed by atoms with van der Waals surface area (Å²) in [5.41, 5.74) is 2.28. The van der Waals surface area contributed by atoms with Gasteiger partial charge >= 0.3 is 0 Å². The Labute approximate surface area is 163 Å². The molecule has 0 bridgehead atoms. The molecule has 5 nitrogen and oxygen atoms in total. The standard InChI is InChI=1S/C21H24N2O3S/c1-24-16-9-7-15(8-10-16)11-12-22-14-20-23-13-19(27-20)17-5-4-6-18(25-2)21(17)26-3/h4-10,13,22H,11-12,14H2,1-3H3. The minimum Gasteiger partial charge on any atom is -0.497 e. The van der Waals surface area contributed by atoms with Crippen molar-refractivity contribution in [2.24, 2.45) is 0 Å². The van der Waals surface area contributed by atoms with Crippen LogP contribution >= 0.6 is 11.3 Å². The summed E-state index contributed by atoms with van der Waals surface area (Å²) < 4.78 is 16.1. The van der Waals surface area contributed by atoms with Crippen molar-refractivity contribution in [3.63, 3.8) is 0 Å². The predicted molar refractivity (Wildman–Crippen MR) is 109 cm³/mol. The fourth-order valence-corrected chi connectivity index (χ4v) is 3.73. The van der Waals surface area contributed by atoms with Gasteiger partial charge in [0.15, 0.2) is 11.5 Å². The summed E-state index contributed by atoms with van der Waals surface area (Å²) in [6.07, 6.45) is 2.86. The van der Waals surface area contributed by atoms with E-state index in [2.05, 4.69) is 22.4 Å². The van der Waals surface area contributed by atoms with E-state index < -0.39 is 0 Å². The van der Waals surface area contributed by atoms with Crippen LogP contribution in [-0.4, -0.2) is 32.9 Å². The summed E-state index contributed by atoms with van der Waals surface area (Å²) in [6, 6.07) is 14.0. The summed E-state index contributed by atoms with van der Waals surface area (Å²) in [5.74, 6) is 2.35. The van der Waals surface area contributed by atoms with Crippen LogP contribution in [0, 0.1) is 0 Å². The van der Waals surface area contributed by atoms with Gasteiger partial charge in [0.25, 0.3) is 0 Å². The lowest BCUT2D eigenvalue weighted by atomic mass is 10.1. The maximum absolute atomic E-state index is 5.52. The van der Waals surface area contributed by atoms with E-state index in [0.717, 1.165) is 52.2 Å². The van der Waals surface area contributed by atoms with Crippen LogP contribution in [0.2, 0.25) is 0 Å². The molecule has 0 amide bonds. The number of ether oxygens (including phenoxy) is 3. The Hall–Kier alpha value is -2.57. The van der Waals surface area contributed by atoms with Crippen molar-refractivity contribution in [3.8, 4) is 27.7 Å². The van der Waals surface area contributed by atoms with Crippen LogP contribution in [0.1, 0.15) is 10.6 Å². The second kappa shape index (κ2) is 9.39. The maximum Gasteiger partial charge on any atom is 0.169 e. The molecule has 27 heavy (non-hydrogen) atoms. The first-order valence-corrected chi connectivity index (χ1v) is 9.56. The highest BCUT2D eigenvalue weighted by atomic mass is 32.1. The van der Waals surface area contributed by atoms with E-state index in [4.69, 9.17) is 14.2 Å². The van der Waals surface area contributed by atoms with Gasteiger partial charge in [0.1, 0.15) is 10.8 Å². The molecule has 0 saturated heterocycles. The minimum absolute atomic E-state index is 0.725. The number of nitrogens with one attached hydrogen (secondary N) is 1. The van der Waals surface area contributed by atoms with Crippen LogP contribution in [0.5, 0.6) is 17.2 Å². The van der Waals surface area contributed by atoms with Gasteiger partial charge in [-0.05, 0) is 42.8 Å².